The van der Waals surface area contributed by atoms with E-state index in [1.807, 2.05) is 0 Å². The highest BCUT2D eigenvalue weighted by Crippen LogP contribution is 2.40. The van der Waals surface area contributed by atoms with Gasteiger partial charge in [-0.2, -0.15) is 0 Å². The van der Waals surface area contributed by atoms with Crippen LogP contribution in [0.5, 0.6) is 0 Å². The predicted molar refractivity (Wildman–Crippen MR) is 38.1 cm³/mol. The summed E-state index contributed by atoms with van der Waals surface area (Å²) in [6, 6.07) is 0. The standard InChI is InChI=1S/C5H11O6P/c1-3-4(6)2-5(10-3)11-12(7,8)9/h3-6H,2H2,1H3,(H2,7,8,9)/t3-,4+,5-/m1/s1. The zero-order valence-corrected chi connectivity index (χ0v) is 7.35. The summed E-state index contributed by atoms with van der Waals surface area (Å²) in [7, 11) is -4.50. The molecule has 1 rings (SSSR count). The number of hydrogen-bond acceptors (Lipinski definition) is 4. The molecule has 0 bridgehead atoms. The second kappa shape index (κ2) is 3.41. The molecule has 0 amide bonds. The van der Waals surface area contributed by atoms with Crippen molar-refractivity contribution in [2.75, 3.05) is 0 Å². The zero-order valence-electron chi connectivity index (χ0n) is 6.45. The Labute approximate surface area is 69.4 Å². The summed E-state index contributed by atoms with van der Waals surface area (Å²) in [6.07, 6.45) is -2.08. The highest BCUT2D eigenvalue weighted by molar-refractivity contribution is 7.46. The van der Waals surface area contributed by atoms with Crippen molar-refractivity contribution >= 4 is 7.82 Å². The van der Waals surface area contributed by atoms with Gasteiger partial charge < -0.3 is 19.6 Å². The van der Waals surface area contributed by atoms with Gasteiger partial charge in [-0.1, -0.05) is 0 Å². The molecular formula is C5H11O6P. The van der Waals surface area contributed by atoms with Crippen LogP contribution in [0.25, 0.3) is 0 Å². The van der Waals surface area contributed by atoms with Gasteiger partial charge in [-0.15, -0.1) is 0 Å². The Balaban J connectivity index is 2.43. The van der Waals surface area contributed by atoms with E-state index in [0.717, 1.165) is 0 Å². The van der Waals surface area contributed by atoms with Gasteiger partial charge in [0.05, 0.1) is 12.2 Å². The van der Waals surface area contributed by atoms with Crippen molar-refractivity contribution in [1.82, 2.24) is 0 Å². The van der Waals surface area contributed by atoms with Gasteiger partial charge in [-0.25, -0.2) is 4.57 Å². The third-order valence-corrected chi connectivity index (χ3v) is 2.11. The fourth-order valence-corrected chi connectivity index (χ4v) is 1.44. The zero-order chi connectivity index (χ0) is 9.35. The van der Waals surface area contributed by atoms with Crippen LogP contribution in [-0.2, 0) is 13.8 Å². The Hall–Kier alpha value is 0.0300. The van der Waals surface area contributed by atoms with Gasteiger partial charge in [0.15, 0.2) is 6.29 Å². The fraction of sp³-hybridized carbons (Fsp3) is 1.00. The van der Waals surface area contributed by atoms with Crippen LogP contribution < -0.4 is 0 Å². The number of aliphatic hydroxyl groups excluding tert-OH is 1. The van der Waals surface area contributed by atoms with E-state index in [-0.39, 0.29) is 6.42 Å². The molecule has 0 aliphatic carbocycles. The minimum Gasteiger partial charge on any atom is -0.390 e. The van der Waals surface area contributed by atoms with Gasteiger partial charge in [0.2, 0.25) is 0 Å². The number of rotatable bonds is 2. The third-order valence-electron chi connectivity index (χ3n) is 1.60. The van der Waals surface area contributed by atoms with Crippen LogP contribution in [0.1, 0.15) is 13.3 Å². The van der Waals surface area contributed by atoms with Crippen molar-refractivity contribution in [2.45, 2.75) is 31.8 Å². The summed E-state index contributed by atoms with van der Waals surface area (Å²) in [5.41, 5.74) is 0. The van der Waals surface area contributed by atoms with Gasteiger partial charge in [-0.05, 0) is 6.92 Å². The number of aliphatic hydroxyl groups is 1. The van der Waals surface area contributed by atoms with Gasteiger partial charge in [-0.3, -0.25) is 4.52 Å². The Morgan fingerprint density at radius 2 is 2.17 bits per heavy atom. The van der Waals surface area contributed by atoms with Crippen molar-refractivity contribution in [3.63, 3.8) is 0 Å². The first-order valence-electron chi connectivity index (χ1n) is 3.46. The van der Waals surface area contributed by atoms with Crippen LogP contribution in [0.3, 0.4) is 0 Å². The van der Waals surface area contributed by atoms with E-state index in [4.69, 9.17) is 19.6 Å². The quantitative estimate of drug-likeness (QED) is 0.522. The molecule has 7 heteroatoms. The molecule has 0 aromatic rings. The number of hydrogen-bond donors (Lipinski definition) is 3. The highest BCUT2D eigenvalue weighted by Gasteiger charge is 2.35. The SMILES string of the molecule is C[C@H]1O[C@H](OP(=O)(O)O)C[C@@H]1O. The molecule has 3 N–H and O–H groups in total. The maximum absolute atomic E-state index is 10.3. The highest BCUT2D eigenvalue weighted by atomic mass is 31.2. The molecule has 0 radical (unpaired) electrons. The summed E-state index contributed by atoms with van der Waals surface area (Å²) in [5, 5.41) is 9.11. The molecule has 1 aliphatic rings. The van der Waals surface area contributed by atoms with Gasteiger partial charge in [0, 0.05) is 6.42 Å². The van der Waals surface area contributed by atoms with Crippen molar-refractivity contribution in [3.8, 4) is 0 Å². The Bertz CT molecular complexity index is 190. The fourth-order valence-electron chi connectivity index (χ4n) is 0.996. The number of phosphoric ester groups is 1. The lowest BCUT2D eigenvalue weighted by atomic mass is 10.2. The van der Waals surface area contributed by atoms with Gasteiger partial charge >= 0.3 is 7.82 Å². The normalized spacial score (nSPS) is 37.2. The first-order chi connectivity index (χ1) is 5.38. The summed E-state index contributed by atoms with van der Waals surface area (Å²) >= 11 is 0. The maximum Gasteiger partial charge on any atom is 0.471 e. The minimum atomic E-state index is -4.50. The molecule has 3 atom stereocenters. The lowest BCUT2D eigenvalue weighted by Crippen LogP contribution is -2.15. The molecule has 0 unspecified atom stereocenters. The van der Waals surface area contributed by atoms with E-state index < -0.39 is 26.3 Å². The van der Waals surface area contributed by atoms with Crippen LogP contribution >= 0.6 is 7.82 Å². The summed E-state index contributed by atoms with van der Waals surface area (Å²) < 4.78 is 19.4. The molecule has 72 valence electrons. The van der Waals surface area contributed by atoms with Crippen LogP contribution in [0, 0.1) is 0 Å². The molecule has 0 aromatic carbocycles. The lowest BCUT2D eigenvalue weighted by molar-refractivity contribution is -0.0836. The first kappa shape index (κ1) is 10.1. The predicted octanol–water partition coefficient (Wildman–Crippen LogP) is -0.409. The number of phosphoric acid groups is 1. The molecule has 0 spiro atoms. The van der Waals surface area contributed by atoms with Crippen LogP contribution in [0.15, 0.2) is 0 Å². The Morgan fingerprint density at radius 3 is 2.50 bits per heavy atom. The first-order valence-corrected chi connectivity index (χ1v) is 4.99. The molecule has 1 saturated heterocycles. The molecule has 6 nitrogen and oxygen atoms in total. The van der Waals surface area contributed by atoms with Gasteiger partial charge in [0.25, 0.3) is 0 Å². The van der Waals surface area contributed by atoms with Crippen molar-refractivity contribution in [2.24, 2.45) is 0 Å². The second-order valence-electron chi connectivity index (χ2n) is 2.67. The lowest BCUT2D eigenvalue weighted by Gasteiger charge is -2.11. The summed E-state index contributed by atoms with van der Waals surface area (Å²) in [6.45, 7) is 1.60. The molecule has 12 heavy (non-hydrogen) atoms. The second-order valence-corrected chi connectivity index (χ2v) is 3.86. The largest absolute Gasteiger partial charge is 0.471 e. The van der Waals surface area contributed by atoms with E-state index >= 15 is 0 Å². The summed E-state index contributed by atoms with van der Waals surface area (Å²) in [4.78, 5) is 16.8. The third kappa shape index (κ3) is 2.82. The molecule has 0 saturated carbocycles. The molecule has 1 fully saturated rings. The molecule has 1 aliphatic heterocycles. The topological polar surface area (TPSA) is 96.2 Å². The Kier molecular flexibility index (Phi) is 2.88. The molecule has 0 aromatic heterocycles. The minimum absolute atomic E-state index is 0.0896. The Morgan fingerprint density at radius 1 is 1.58 bits per heavy atom. The van der Waals surface area contributed by atoms with Crippen molar-refractivity contribution < 1.29 is 28.7 Å². The van der Waals surface area contributed by atoms with E-state index in [2.05, 4.69) is 4.52 Å². The number of ether oxygens (including phenoxy) is 1. The van der Waals surface area contributed by atoms with Crippen LogP contribution in [0.4, 0.5) is 0 Å². The van der Waals surface area contributed by atoms with E-state index in [9.17, 15) is 4.57 Å². The van der Waals surface area contributed by atoms with Crippen LogP contribution in [-0.4, -0.2) is 33.4 Å². The van der Waals surface area contributed by atoms with Crippen molar-refractivity contribution in [3.05, 3.63) is 0 Å². The average molecular weight is 198 g/mol. The summed E-state index contributed by atoms with van der Waals surface area (Å²) in [5.74, 6) is 0. The monoisotopic (exact) mass is 198 g/mol. The van der Waals surface area contributed by atoms with E-state index in [1.54, 1.807) is 6.92 Å². The molecule has 1 heterocycles. The maximum atomic E-state index is 10.3. The average Bonchev–Trinajstić information content (AvgIpc) is 2.07. The van der Waals surface area contributed by atoms with E-state index in [0.29, 0.717) is 0 Å². The van der Waals surface area contributed by atoms with E-state index in [1.165, 1.54) is 0 Å². The van der Waals surface area contributed by atoms with Crippen LogP contribution in [0.2, 0.25) is 0 Å². The van der Waals surface area contributed by atoms with Crippen molar-refractivity contribution in [1.29, 1.82) is 0 Å². The van der Waals surface area contributed by atoms with Gasteiger partial charge in [0.1, 0.15) is 0 Å². The smallest absolute Gasteiger partial charge is 0.390 e. The molecular weight excluding hydrogens is 187 g/mol.